The molecule has 0 radical (unpaired) electrons. The first-order valence-electron chi connectivity index (χ1n) is 10.4. The van der Waals surface area contributed by atoms with Gasteiger partial charge in [0.05, 0.1) is 5.55 Å². The maximum atomic E-state index is 13.5. The van der Waals surface area contributed by atoms with E-state index in [4.69, 9.17) is 5.11 Å². The van der Waals surface area contributed by atoms with Crippen LogP contribution < -0.4 is 0 Å². The Bertz CT molecular complexity index is 1030. The van der Waals surface area contributed by atoms with Crippen LogP contribution in [-0.2, 0) is 14.3 Å². The van der Waals surface area contributed by atoms with Crippen molar-refractivity contribution in [3.05, 3.63) is 0 Å². The molecule has 1 aliphatic heterocycles. The zero-order valence-corrected chi connectivity index (χ0v) is 21.0. The van der Waals surface area contributed by atoms with Crippen LogP contribution >= 0.6 is 11.8 Å². The molecule has 0 spiro atoms. The normalized spacial score (nSPS) is 17.8. The molecule has 0 fully saturated rings. The molecule has 0 bridgehead atoms. The summed E-state index contributed by atoms with van der Waals surface area (Å²) in [5.74, 6) is -69.4. The summed E-state index contributed by atoms with van der Waals surface area (Å²) in [5.41, 5.74) is 1.58. The highest BCUT2D eigenvalue weighted by molar-refractivity contribution is 8.12. The Morgan fingerprint density at radius 2 is 1.09 bits per heavy atom. The van der Waals surface area contributed by atoms with Crippen LogP contribution in [0.15, 0.2) is 4.99 Å². The van der Waals surface area contributed by atoms with Gasteiger partial charge in [-0.15, -0.1) is 11.8 Å². The summed E-state index contributed by atoms with van der Waals surface area (Å²) in [6, 6.07) is -0.486. The molecular weight excluding hydrogens is 687 g/mol. The van der Waals surface area contributed by atoms with Crippen LogP contribution in [-0.4, -0.2) is 94.5 Å². The fourth-order valence-electron chi connectivity index (χ4n) is 2.36. The average molecular weight is 701 g/mol. The number of thioether (sulfide) groups is 1. The van der Waals surface area contributed by atoms with Crippen LogP contribution in [0.3, 0.4) is 0 Å². The number of aliphatic carboxylic acids is 1. The van der Waals surface area contributed by atoms with Crippen molar-refractivity contribution in [2.45, 2.75) is 79.4 Å². The van der Waals surface area contributed by atoms with Crippen molar-refractivity contribution in [2.24, 2.45) is 4.99 Å². The summed E-state index contributed by atoms with van der Waals surface area (Å²) in [6.45, 7) is -2.17. The number of hydrogen-bond acceptors (Lipinski definition) is 5. The zero-order valence-electron chi connectivity index (χ0n) is 20.2. The summed E-state index contributed by atoms with van der Waals surface area (Å²) in [5, 5.41) is 8.29. The van der Waals surface area contributed by atoms with E-state index in [2.05, 4.69) is 9.73 Å². The predicted octanol–water partition coefficient (Wildman–Crippen LogP) is 7.19. The van der Waals surface area contributed by atoms with Crippen molar-refractivity contribution in [1.82, 2.24) is 0 Å². The molecule has 0 aromatic rings. The molecule has 0 aliphatic carbocycles. The highest BCUT2D eigenvalue weighted by Gasteiger charge is 2.96. The maximum Gasteiger partial charge on any atom is 0.460 e. The highest BCUT2D eigenvalue weighted by atomic mass is 32.2. The van der Waals surface area contributed by atoms with E-state index < -0.39 is 84.6 Å². The fourth-order valence-corrected chi connectivity index (χ4v) is 3.09. The van der Waals surface area contributed by atoms with Crippen LogP contribution in [0.2, 0.25) is 0 Å². The first-order valence-corrected chi connectivity index (χ1v) is 11.4. The molecule has 254 valence electrons. The van der Waals surface area contributed by atoms with Crippen molar-refractivity contribution < 1.29 is 103 Å². The molecule has 1 rings (SSSR count). The van der Waals surface area contributed by atoms with Crippen molar-refractivity contribution in [1.29, 1.82) is 0 Å². The molecule has 1 heterocycles. The second kappa shape index (κ2) is 12.6. The number of esters is 1. The third kappa shape index (κ3) is 6.99. The average Bonchev–Trinajstić information content (AvgIpc) is 3.37. The Kier molecular flexibility index (Phi) is 11.9. The van der Waals surface area contributed by atoms with Gasteiger partial charge in [0.2, 0.25) is 0 Å². The van der Waals surface area contributed by atoms with Gasteiger partial charge < -0.3 is 9.84 Å². The molecular formula is C18H14F19NO4S. The van der Waals surface area contributed by atoms with E-state index in [0.717, 1.165) is 6.92 Å². The van der Waals surface area contributed by atoms with Crippen molar-refractivity contribution in [2.75, 3.05) is 12.4 Å². The first kappa shape index (κ1) is 40.6. The lowest BCUT2D eigenvalue weighted by atomic mass is 9.87. The number of ether oxygens (including phenoxy) is 1. The van der Waals surface area contributed by atoms with Crippen LogP contribution in [0.25, 0.3) is 0 Å². The van der Waals surface area contributed by atoms with E-state index in [-0.39, 0.29) is 6.42 Å². The van der Waals surface area contributed by atoms with Gasteiger partial charge in [-0.3, -0.25) is 9.79 Å². The summed E-state index contributed by atoms with van der Waals surface area (Å²) >= 11 is 1.44. The molecule has 0 amide bonds. The van der Waals surface area contributed by atoms with Gasteiger partial charge in [0.25, 0.3) is 0 Å². The minimum Gasteiger partial charge on any atom is -0.480 e. The number of carboxylic acid groups (broad SMARTS) is 1. The Labute approximate surface area is 229 Å². The van der Waals surface area contributed by atoms with Gasteiger partial charge in [-0.05, 0) is 6.42 Å². The molecule has 1 unspecified atom stereocenters. The minimum atomic E-state index is -8.97. The summed E-state index contributed by atoms with van der Waals surface area (Å²) in [4.78, 5) is 24.6. The Hall–Kier alpha value is -2.37. The van der Waals surface area contributed by atoms with Gasteiger partial charge in [0.15, 0.2) is 12.6 Å². The van der Waals surface area contributed by atoms with Crippen molar-refractivity contribution in [3.63, 3.8) is 0 Å². The van der Waals surface area contributed by atoms with Gasteiger partial charge in [-0.1, -0.05) is 6.92 Å². The summed E-state index contributed by atoms with van der Waals surface area (Å²) in [6.07, 6.45) is -9.08. The van der Waals surface area contributed by atoms with Crippen LogP contribution in [0.1, 0.15) is 19.8 Å². The molecule has 1 aliphatic rings. The summed E-state index contributed by atoms with van der Waals surface area (Å²) < 4.78 is 251. The third-order valence-corrected chi connectivity index (χ3v) is 5.68. The van der Waals surface area contributed by atoms with Gasteiger partial charge in [0.1, 0.15) is 0 Å². The molecule has 25 heteroatoms. The number of aliphatic imine (C=N–C) groups is 1. The molecule has 1 atom stereocenters. The number of halogens is 19. The maximum absolute atomic E-state index is 13.5. The van der Waals surface area contributed by atoms with Crippen molar-refractivity contribution in [3.8, 4) is 0 Å². The van der Waals surface area contributed by atoms with E-state index in [1.165, 1.54) is 11.8 Å². The Morgan fingerprint density at radius 3 is 1.37 bits per heavy atom. The van der Waals surface area contributed by atoms with E-state index in [0.29, 0.717) is 5.75 Å². The van der Waals surface area contributed by atoms with Crippen molar-refractivity contribution >= 4 is 29.2 Å². The molecule has 0 aromatic heterocycles. The van der Waals surface area contributed by atoms with E-state index in [1.54, 1.807) is 5.55 Å². The second-order valence-corrected chi connectivity index (χ2v) is 8.95. The Balaban J connectivity index is 0.00000188. The van der Waals surface area contributed by atoms with Gasteiger partial charge in [-0.2, -0.15) is 83.4 Å². The molecule has 0 saturated heterocycles. The molecule has 0 aromatic carbocycles. The van der Waals surface area contributed by atoms with Crippen LogP contribution in [0.4, 0.5) is 83.4 Å². The number of carbonyl (C=O) groups is 2. The quantitative estimate of drug-likeness (QED) is 0.172. The van der Waals surface area contributed by atoms with E-state index in [1.807, 2.05) is 0 Å². The minimum absolute atomic E-state index is 0.271. The second-order valence-electron chi connectivity index (χ2n) is 8.08. The molecule has 5 nitrogen and oxygen atoms in total. The standard InChI is InChI=1S/C14H9F19O2.C4H5NO2S/c1-2-3-5(34)35-4-6(15,16)7(17,18)8(19,20)9(21,22)10(23,24)11(25,26)12(27,28)13(29,30)14(31,32)33;6-4(7)3-1-8-2-5-3/h2-4H2,1H3;2-3H,1H2,(H,6,7). The zero-order chi connectivity index (χ0) is 34.9. The number of nitrogens with zero attached hydrogens (tertiary/aromatic N) is 1. The molecule has 1 N–H and O–H groups in total. The van der Waals surface area contributed by atoms with Gasteiger partial charge >= 0.3 is 65.5 Å². The predicted molar refractivity (Wildman–Crippen MR) is 104 cm³/mol. The smallest absolute Gasteiger partial charge is 0.460 e. The molecule has 43 heavy (non-hydrogen) atoms. The van der Waals surface area contributed by atoms with Gasteiger partial charge in [-0.25, -0.2) is 4.79 Å². The lowest BCUT2D eigenvalue weighted by molar-refractivity contribution is -0.469. The largest absolute Gasteiger partial charge is 0.480 e. The first-order chi connectivity index (χ1) is 18.8. The number of carbonyl (C=O) groups excluding carboxylic acids is 1. The topological polar surface area (TPSA) is 76.0 Å². The van der Waals surface area contributed by atoms with Crippen LogP contribution in [0, 0.1) is 0 Å². The number of rotatable bonds is 12. The summed E-state index contributed by atoms with van der Waals surface area (Å²) in [7, 11) is 0. The monoisotopic (exact) mass is 701 g/mol. The number of hydrogen-bond donors (Lipinski definition) is 1. The van der Waals surface area contributed by atoms with E-state index >= 15 is 0 Å². The molecule has 0 saturated carbocycles. The van der Waals surface area contributed by atoms with Crippen LogP contribution in [0.5, 0.6) is 0 Å². The highest BCUT2D eigenvalue weighted by Crippen LogP contribution is 2.65. The lowest BCUT2D eigenvalue weighted by Crippen LogP contribution is -2.76. The van der Waals surface area contributed by atoms with Gasteiger partial charge in [0, 0.05) is 12.2 Å². The fraction of sp³-hybridized carbons (Fsp3) is 0.833. The number of carboxylic acids is 1. The third-order valence-electron chi connectivity index (χ3n) is 4.90. The van der Waals surface area contributed by atoms with E-state index in [9.17, 15) is 93.0 Å². The SMILES string of the molecule is CCCC(=O)OCC(F)(F)C(F)(F)C(F)(F)C(F)(F)C(F)(F)C(F)(F)C(F)(F)C(F)(F)C(F)(F)F.O=C(O)C1CSC=N1. The lowest BCUT2D eigenvalue weighted by Gasteiger charge is -2.43. The number of alkyl halides is 19. The Morgan fingerprint density at radius 1 is 0.721 bits per heavy atom.